The first kappa shape index (κ1) is 23.1. The molecule has 6 rings (SSSR count). The van der Waals surface area contributed by atoms with E-state index in [2.05, 4.69) is 43.5 Å². The summed E-state index contributed by atoms with van der Waals surface area (Å²) >= 11 is 0. The third kappa shape index (κ3) is 5.12. The number of aromatic nitrogens is 5. The van der Waals surface area contributed by atoms with Gasteiger partial charge < -0.3 is 5.32 Å². The van der Waals surface area contributed by atoms with Gasteiger partial charge in [0.2, 0.25) is 0 Å². The number of nitrogens with one attached hydrogen (secondary N) is 1. The Balaban J connectivity index is 1.46. The molecule has 1 aliphatic heterocycles. The maximum Gasteiger partial charge on any atom is 0.182 e. The van der Waals surface area contributed by atoms with E-state index < -0.39 is 0 Å². The molecule has 0 unspecified atom stereocenters. The van der Waals surface area contributed by atoms with Gasteiger partial charge in [0.25, 0.3) is 0 Å². The molecular weight excluding hydrogens is 470 g/mol. The molecule has 0 bridgehead atoms. The van der Waals surface area contributed by atoms with Crippen LogP contribution in [0, 0.1) is 0 Å². The van der Waals surface area contributed by atoms with Crippen molar-refractivity contribution in [1.29, 1.82) is 0 Å². The summed E-state index contributed by atoms with van der Waals surface area (Å²) in [5, 5.41) is 3.55. The highest BCUT2D eigenvalue weighted by Gasteiger charge is 2.15. The molecule has 7 nitrogen and oxygen atoms in total. The molecule has 0 saturated carbocycles. The molecule has 182 valence electrons. The summed E-state index contributed by atoms with van der Waals surface area (Å²) in [5.41, 5.74) is 6.32. The second kappa shape index (κ2) is 10.8. The summed E-state index contributed by atoms with van der Waals surface area (Å²) in [6.45, 7) is 0.543. The highest BCUT2D eigenvalue weighted by molar-refractivity contribution is 5.87. The monoisotopic (exact) mass is 493 g/mol. The Morgan fingerprint density at radius 1 is 0.605 bits per heavy atom. The highest BCUT2D eigenvalue weighted by Crippen LogP contribution is 2.28. The van der Waals surface area contributed by atoms with Gasteiger partial charge in [0, 0.05) is 41.1 Å². The van der Waals surface area contributed by atoms with Gasteiger partial charge in [-0.1, -0.05) is 54.6 Å². The number of benzene rings is 2. The first-order chi connectivity index (χ1) is 18.8. The van der Waals surface area contributed by atoms with Crippen molar-refractivity contribution < 1.29 is 0 Å². The molecule has 5 aromatic rings. The lowest BCUT2D eigenvalue weighted by Crippen LogP contribution is -2.06. The van der Waals surface area contributed by atoms with Crippen molar-refractivity contribution in [3.8, 4) is 34.4 Å². The predicted octanol–water partition coefficient (Wildman–Crippen LogP) is 6.13. The molecule has 0 atom stereocenters. The zero-order valence-corrected chi connectivity index (χ0v) is 20.4. The Morgan fingerprint density at radius 3 is 1.95 bits per heavy atom. The van der Waals surface area contributed by atoms with E-state index in [-0.39, 0.29) is 0 Å². The average Bonchev–Trinajstić information content (AvgIpc) is 3.24. The van der Waals surface area contributed by atoms with Crippen molar-refractivity contribution in [2.45, 2.75) is 0 Å². The van der Waals surface area contributed by atoms with Crippen LogP contribution in [-0.4, -0.2) is 37.7 Å². The largest absolute Gasteiger partial charge is 0.357 e. The van der Waals surface area contributed by atoms with Crippen LogP contribution in [0.5, 0.6) is 0 Å². The quantitative estimate of drug-likeness (QED) is 0.306. The molecule has 1 N–H and O–H groups in total. The molecule has 38 heavy (non-hydrogen) atoms. The number of anilines is 1. The van der Waals surface area contributed by atoms with Gasteiger partial charge in [-0.25, -0.2) is 15.0 Å². The Hall–Kier alpha value is -5.30. The molecule has 1 aliphatic rings. The van der Waals surface area contributed by atoms with Gasteiger partial charge in [0.05, 0.1) is 6.54 Å². The molecule has 2 aromatic carbocycles. The van der Waals surface area contributed by atoms with Crippen LogP contribution in [0.25, 0.3) is 40.0 Å². The zero-order chi connectivity index (χ0) is 25.6. The Bertz CT molecular complexity index is 1590. The number of para-hydroxylation sites is 1. The predicted molar refractivity (Wildman–Crippen MR) is 151 cm³/mol. The van der Waals surface area contributed by atoms with Crippen LogP contribution in [0.1, 0.15) is 5.56 Å². The van der Waals surface area contributed by atoms with E-state index in [9.17, 15) is 0 Å². The molecule has 0 fully saturated rings. The minimum atomic E-state index is 0.495. The number of hydrogen-bond acceptors (Lipinski definition) is 7. The van der Waals surface area contributed by atoms with Crippen molar-refractivity contribution in [2.75, 3.05) is 11.9 Å². The topological polar surface area (TPSA) is 88.8 Å². The van der Waals surface area contributed by atoms with Gasteiger partial charge in [-0.05, 0) is 54.1 Å². The van der Waals surface area contributed by atoms with E-state index in [1.165, 1.54) is 0 Å². The SMILES string of the molecule is C1=CC(c2cccc(-c3nc(-c4ccccn4)nc(-c4ccccn4)n3)c2)=C(Nc2ccccc2)CN=C1. The molecule has 7 heteroatoms. The fourth-order valence-corrected chi connectivity index (χ4v) is 4.15. The summed E-state index contributed by atoms with van der Waals surface area (Å²) < 4.78 is 0. The Kier molecular flexibility index (Phi) is 6.55. The molecule has 0 spiro atoms. The van der Waals surface area contributed by atoms with Crippen LogP contribution in [0.3, 0.4) is 0 Å². The highest BCUT2D eigenvalue weighted by atomic mass is 15.1. The molecule has 0 aliphatic carbocycles. The van der Waals surface area contributed by atoms with Crippen LogP contribution in [0.4, 0.5) is 5.69 Å². The number of rotatable bonds is 6. The zero-order valence-electron chi connectivity index (χ0n) is 20.4. The molecule has 0 radical (unpaired) electrons. The van der Waals surface area contributed by atoms with Crippen LogP contribution in [-0.2, 0) is 0 Å². The molecular formula is C31H23N7. The third-order valence-corrected chi connectivity index (χ3v) is 5.95. The fraction of sp³-hybridized carbons (Fsp3) is 0.0323. The first-order valence-corrected chi connectivity index (χ1v) is 12.2. The van der Waals surface area contributed by atoms with Crippen LogP contribution < -0.4 is 5.32 Å². The lowest BCUT2D eigenvalue weighted by atomic mass is 10.00. The molecule has 4 heterocycles. The van der Waals surface area contributed by atoms with Crippen LogP contribution >= 0.6 is 0 Å². The summed E-state index contributed by atoms with van der Waals surface area (Å²) in [5.74, 6) is 1.54. The second-order valence-electron chi connectivity index (χ2n) is 8.55. The van der Waals surface area contributed by atoms with Gasteiger partial charge >= 0.3 is 0 Å². The summed E-state index contributed by atoms with van der Waals surface area (Å²) in [6, 6.07) is 29.7. The normalized spacial score (nSPS) is 12.8. The number of pyridine rings is 2. The van der Waals surface area contributed by atoms with Crippen molar-refractivity contribution in [2.24, 2.45) is 4.99 Å². The number of allylic oxidation sites excluding steroid dienone is 3. The van der Waals surface area contributed by atoms with E-state index in [4.69, 9.17) is 9.97 Å². The minimum Gasteiger partial charge on any atom is -0.357 e. The summed E-state index contributed by atoms with van der Waals surface area (Å²) in [4.78, 5) is 27.7. The van der Waals surface area contributed by atoms with Crippen molar-refractivity contribution in [1.82, 2.24) is 24.9 Å². The lowest BCUT2D eigenvalue weighted by molar-refractivity contribution is 1.05. The van der Waals surface area contributed by atoms with E-state index in [1.54, 1.807) is 12.4 Å². The third-order valence-electron chi connectivity index (χ3n) is 5.95. The van der Waals surface area contributed by atoms with Crippen molar-refractivity contribution >= 4 is 17.5 Å². The fourth-order valence-electron chi connectivity index (χ4n) is 4.15. The maximum absolute atomic E-state index is 4.80. The number of hydrogen-bond donors (Lipinski definition) is 1. The van der Waals surface area contributed by atoms with Gasteiger partial charge in [0.1, 0.15) is 11.4 Å². The summed E-state index contributed by atoms with van der Waals surface area (Å²) in [6.07, 6.45) is 9.33. The van der Waals surface area contributed by atoms with E-state index >= 15 is 0 Å². The Labute approximate surface area is 220 Å². The number of nitrogens with zero attached hydrogens (tertiary/aromatic N) is 6. The van der Waals surface area contributed by atoms with Gasteiger partial charge in [-0.15, -0.1) is 0 Å². The standard InChI is InChI=1S/C31H23N7/c1-2-12-24(13-3-1)35-28-21-32-17-9-14-25(28)22-10-8-11-23(20-22)29-36-30(26-15-4-6-18-33-26)38-31(37-29)27-16-5-7-19-34-27/h1-20,35H,21H2. The molecule has 0 saturated heterocycles. The second-order valence-corrected chi connectivity index (χ2v) is 8.55. The summed E-state index contributed by atoms with van der Waals surface area (Å²) in [7, 11) is 0. The van der Waals surface area contributed by atoms with Gasteiger partial charge in [-0.3, -0.25) is 15.0 Å². The van der Waals surface area contributed by atoms with Crippen molar-refractivity contribution in [3.05, 3.63) is 127 Å². The van der Waals surface area contributed by atoms with Crippen LogP contribution in [0.2, 0.25) is 0 Å². The van der Waals surface area contributed by atoms with E-state index in [1.807, 2.05) is 91.2 Å². The lowest BCUT2D eigenvalue weighted by Gasteiger charge is -2.14. The van der Waals surface area contributed by atoms with E-state index in [0.717, 1.165) is 28.1 Å². The van der Waals surface area contributed by atoms with Gasteiger partial charge in [0.15, 0.2) is 17.5 Å². The number of aliphatic imine (C=N–C) groups is 1. The van der Waals surface area contributed by atoms with E-state index in [0.29, 0.717) is 35.4 Å². The first-order valence-electron chi connectivity index (χ1n) is 12.2. The van der Waals surface area contributed by atoms with Gasteiger partial charge in [-0.2, -0.15) is 0 Å². The molecule has 3 aromatic heterocycles. The maximum atomic E-state index is 4.80. The molecule has 0 amide bonds. The minimum absolute atomic E-state index is 0.495. The van der Waals surface area contributed by atoms with Crippen LogP contribution in [0.15, 0.2) is 126 Å². The smallest absolute Gasteiger partial charge is 0.182 e. The Morgan fingerprint density at radius 2 is 1.26 bits per heavy atom. The average molecular weight is 494 g/mol. The van der Waals surface area contributed by atoms with Crippen molar-refractivity contribution in [3.63, 3.8) is 0 Å².